The van der Waals surface area contributed by atoms with Crippen LogP contribution in [0.1, 0.15) is 13.8 Å². The van der Waals surface area contributed by atoms with Gasteiger partial charge < -0.3 is 4.57 Å². The molecule has 2 heterocycles. The Balaban J connectivity index is 0.00000135. The van der Waals surface area contributed by atoms with Gasteiger partial charge in [0.2, 0.25) is 0 Å². The van der Waals surface area contributed by atoms with Crippen molar-refractivity contribution < 1.29 is 0 Å². The van der Waals surface area contributed by atoms with Crippen molar-refractivity contribution in [2.75, 3.05) is 0 Å². The second kappa shape index (κ2) is 10.8. The molecule has 2 nitrogen and oxygen atoms in total. The summed E-state index contributed by atoms with van der Waals surface area (Å²) in [6, 6.07) is 47.8. The molecule has 188 valence electrons. The molecular weight excluding hydrogens is 472 g/mol. The topological polar surface area (TPSA) is 17.8 Å². The molecule has 7 aromatic rings. The molecule has 0 N–H and O–H groups in total. The molecule has 0 radical (unpaired) electrons. The first kappa shape index (κ1) is 24.4. The molecule has 0 saturated heterocycles. The van der Waals surface area contributed by atoms with Gasteiger partial charge in [-0.3, -0.25) is 4.98 Å². The van der Waals surface area contributed by atoms with Gasteiger partial charge in [-0.1, -0.05) is 98.8 Å². The lowest BCUT2D eigenvalue weighted by Crippen LogP contribution is -1.94. The Labute approximate surface area is 229 Å². The minimum absolute atomic E-state index is 1.15. The van der Waals surface area contributed by atoms with Crippen molar-refractivity contribution in [1.29, 1.82) is 0 Å². The predicted octanol–water partition coefficient (Wildman–Crippen LogP) is 10.2. The molecule has 0 spiro atoms. The fraction of sp³-hybridized carbons (Fsp3) is 0.0541. The molecule has 0 fully saturated rings. The molecule has 2 heteroatoms. The monoisotopic (exact) mass is 502 g/mol. The van der Waals surface area contributed by atoms with Crippen LogP contribution in [0.3, 0.4) is 0 Å². The van der Waals surface area contributed by atoms with Crippen LogP contribution in [0.5, 0.6) is 0 Å². The van der Waals surface area contributed by atoms with Crippen LogP contribution in [0, 0.1) is 0 Å². The third kappa shape index (κ3) is 4.62. The van der Waals surface area contributed by atoms with Crippen LogP contribution in [0.15, 0.2) is 146 Å². The maximum atomic E-state index is 4.15. The highest BCUT2D eigenvalue weighted by Crippen LogP contribution is 2.37. The van der Waals surface area contributed by atoms with E-state index < -0.39 is 0 Å². The molecule has 0 amide bonds. The summed E-state index contributed by atoms with van der Waals surface area (Å²) >= 11 is 0. The summed E-state index contributed by atoms with van der Waals surface area (Å²) in [6.45, 7) is 4.00. The summed E-state index contributed by atoms with van der Waals surface area (Å²) < 4.78 is 2.38. The average Bonchev–Trinajstić information content (AvgIpc) is 3.36. The van der Waals surface area contributed by atoms with Gasteiger partial charge in [-0.25, -0.2) is 0 Å². The van der Waals surface area contributed by atoms with E-state index in [4.69, 9.17) is 0 Å². The minimum atomic E-state index is 1.15. The maximum Gasteiger partial charge on any atom is 0.0541 e. The second-order valence-electron chi connectivity index (χ2n) is 9.31. The van der Waals surface area contributed by atoms with Gasteiger partial charge in [-0.05, 0) is 81.9 Å². The molecule has 0 aliphatic heterocycles. The largest absolute Gasteiger partial charge is 0.309 e. The SMILES string of the molecule is CC.c1ccc(-c2ccc3c(c2)c2cc(-c4ccccc4)ccc2n3-c2ccc(-c3ccncc3)cc2)cc1. The van der Waals surface area contributed by atoms with E-state index in [-0.39, 0.29) is 0 Å². The zero-order chi connectivity index (χ0) is 26.6. The van der Waals surface area contributed by atoms with Crippen LogP contribution in [0.4, 0.5) is 0 Å². The fourth-order valence-corrected chi connectivity index (χ4v) is 5.27. The zero-order valence-electron chi connectivity index (χ0n) is 22.3. The number of hydrogen-bond donors (Lipinski definition) is 0. The molecule has 0 bridgehead atoms. The van der Waals surface area contributed by atoms with E-state index in [9.17, 15) is 0 Å². The van der Waals surface area contributed by atoms with Gasteiger partial charge in [0.05, 0.1) is 11.0 Å². The minimum Gasteiger partial charge on any atom is -0.309 e. The van der Waals surface area contributed by atoms with Crippen LogP contribution in [-0.4, -0.2) is 9.55 Å². The molecule has 0 saturated carbocycles. The van der Waals surface area contributed by atoms with Crippen molar-refractivity contribution in [2.24, 2.45) is 0 Å². The number of benzene rings is 5. The number of pyridine rings is 1. The maximum absolute atomic E-state index is 4.15. The first-order valence-corrected chi connectivity index (χ1v) is 13.6. The Hall–Kier alpha value is -4.95. The van der Waals surface area contributed by atoms with Crippen molar-refractivity contribution in [2.45, 2.75) is 13.8 Å². The zero-order valence-corrected chi connectivity index (χ0v) is 22.3. The highest BCUT2D eigenvalue weighted by Gasteiger charge is 2.15. The normalized spacial score (nSPS) is 10.8. The molecule has 0 unspecified atom stereocenters. The van der Waals surface area contributed by atoms with Crippen molar-refractivity contribution >= 4 is 21.8 Å². The van der Waals surface area contributed by atoms with E-state index in [1.54, 1.807) is 0 Å². The summed E-state index contributed by atoms with van der Waals surface area (Å²) in [4.78, 5) is 4.15. The summed E-state index contributed by atoms with van der Waals surface area (Å²) in [5, 5.41) is 2.51. The highest BCUT2D eigenvalue weighted by molar-refractivity contribution is 6.11. The fourth-order valence-electron chi connectivity index (χ4n) is 5.27. The van der Waals surface area contributed by atoms with Crippen LogP contribution in [-0.2, 0) is 0 Å². The van der Waals surface area contributed by atoms with E-state index in [1.807, 2.05) is 38.4 Å². The average molecular weight is 503 g/mol. The summed E-state index contributed by atoms with van der Waals surface area (Å²) in [7, 11) is 0. The number of fused-ring (bicyclic) bond motifs is 3. The van der Waals surface area contributed by atoms with Gasteiger partial charge in [0.15, 0.2) is 0 Å². The van der Waals surface area contributed by atoms with Crippen LogP contribution in [0.2, 0.25) is 0 Å². The number of rotatable bonds is 4. The predicted molar refractivity (Wildman–Crippen MR) is 166 cm³/mol. The Morgan fingerprint density at radius 1 is 0.410 bits per heavy atom. The van der Waals surface area contributed by atoms with E-state index in [0.29, 0.717) is 0 Å². The molecule has 7 rings (SSSR count). The smallest absolute Gasteiger partial charge is 0.0541 e. The van der Waals surface area contributed by atoms with Crippen LogP contribution >= 0.6 is 0 Å². The Kier molecular flexibility index (Phi) is 6.76. The van der Waals surface area contributed by atoms with Gasteiger partial charge in [-0.15, -0.1) is 0 Å². The Morgan fingerprint density at radius 2 is 0.821 bits per heavy atom. The summed E-state index contributed by atoms with van der Waals surface area (Å²) in [5.74, 6) is 0. The molecule has 0 aliphatic carbocycles. The first-order chi connectivity index (χ1) is 19.3. The molecule has 39 heavy (non-hydrogen) atoms. The third-order valence-corrected chi connectivity index (χ3v) is 7.12. The van der Waals surface area contributed by atoms with Gasteiger partial charge in [0, 0.05) is 28.9 Å². The van der Waals surface area contributed by atoms with Crippen LogP contribution in [0.25, 0.3) is 60.9 Å². The van der Waals surface area contributed by atoms with Crippen LogP contribution < -0.4 is 0 Å². The standard InChI is InChI=1S/C35H24N2.C2H6/c1-3-7-25(8-4-1)29-13-17-34-32(23-29)33-24-30(26-9-5-2-6-10-26)14-18-35(33)37(34)31-15-11-27(12-16-31)28-19-21-36-22-20-28;1-2/h1-24H;1-2H3. The number of nitrogens with zero attached hydrogens (tertiary/aromatic N) is 2. The van der Waals surface area contributed by atoms with E-state index >= 15 is 0 Å². The van der Waals surface area contributed by atoms with Crippen molar-refractivity contribution in [3.8, 4) is 39.1 Å². The second-order valence-corrected chi connectivity index (χ2v) is 9.31. The van der Waals surface area contributed by atoms with E-state index in [2.05, 4.69) is 131 Å². The summed E-state index contributed by atoms with van der Waals surface area (Å²) in [5.41, 5.74) is 10.8. The molecule has 0 atom stereocenters. The van der Waals surface area contributed by atoms with Gasteiger partial charge in [0.1, 0.15) is 0 Å². The van der Waals surface area contributed by atoms with E-state index in [1.165, 1.54) is 55.2 Å². The highest BCUT2D eigenvalue weighted by atomic mass is 15.0. The third-order valence-electron chi connectivity index (χ3n) is 7.12. The first-order valence-electron chi connectivity index (χ1n) is 13.6. The number of aromatic nitrogens is 2. The quantitative estimate of drug-likeness (QED) is 0.234. The Morgan fingerprint density at radius 3 is 1.31 bits per heavy atom. The molecular formula is C37H30N2. The molecule has 0 aliphatic rings. The van der Waals surface area contributed by atoms with Gasteiger partial charge >= 0.3 is 0 Å². The van der Waals surface area contributed by atoms with Crippen molar-refractivity contribution in [1.82, 2.24) is 9.55 Å². The Bertz CT molecular complexity index is 1740. The lowest BCUT2D eigenvalue weighted by molar-refractivity contribution is 1.18. The van der Waals surface area contributed by atoms with Gasteiger partial charge in [0.25, 0.3) is 0 Å². The van der Waals surface area contributed by atoms with Gasteiger partial charge in [-0.2, -0.15) is 0 Å². The molecule has 2 aromatic heterocycles. The number of hydrogen-bond acceptors (Lipinski definition) is 1. The lowest BCUT2D eigenvalue weighted by Gasteiger charge is -2.10. The lowest BCUT2D eigenvalue weighted by atomic mass is 10.0. The summed E-state index contributed by atoms with van der Waals surface area (Å²) in [6.07, 6.45) is 3.68. The van der Waals surface area contributed by atoms with Crippen molar-refractivity contribution in [3.05, 3.63) is 146 Å². The van der Waals surface area contributed by atoms with Crippen molar-refractivity contribution in [3.63, 3.8) is 0 Å². The van der Waals surface area contributed by atoms with E-state index in [0.717, 1.165) is 5.69 Å². The molecule has 5 aromatic carbocycles.